The molecule has 0 heterocycles. The standard InChI is InChI=1S/C17H16BrNO2/c18-14-5-1-13-10-15(6-2-12(13)9-14)19-17(21)11-3-7-16(20)8-4-11/h1,3-5,7-9,15,20H,2,6,10H2,(H,19,21)/t15-/m0/s1. The number of benzene rings is 2. The Morgan fingerprint density at radius 1 is 1.14 bits per heavy atom. The second-order valence-electron chi connectivity index (χ2n) is 5.37. The van der Waals surface area contributed by atoms with Gasteiger partial charge in [-0.2, -0.15) is 0 Å². The predicted molar refractivity (Wildman–Crippen MR) is 85.5 cm³/mol. The van der Waals surface area contributed by atoms with E-state index in [0.717, 1.165) is 23.7 Å². The monoisotopic (exact) mass is 345 g/mol. The number of fused-ring (bicyclic) bond motifs is 1. The zero-order chi connectivity index (χ0) is 14.8. The number of hydrogen-bond acceptors (Lipinski definition) is 2. The van der Waals surface area contributed by atoms with Crippen molar-refractivity contribution in [3.05, 3.63) is 63.6 Å². The Morgan fingerprint density at radius 3 is 2.67 bits per heavy atom. The molecule has 0 aliphatic heterocycles. The second kappa shape index (κ2) is 5.90. The first-order valence-corrected chi connectivity index (χ1v) is 7.78. The summed E-state index contributed by atoms with van der Waals surface area (Å²) in [5.74, 6) is 0.0873. The molecular formula is C17H16BrNO2. The summed E-state index contributed by atoms with van der Waals surface area (Å²) in [6, 6.07) is 12.8. The number of halogens is 1. The quantitative estimate of drug-likeness (QED) is 0.875. The van der Waals surface area contributed by atoms with E-state index in [1.807, 2.05) is 6.07 Å². The molecule has 21 heavy (non-hydrogen) atoms. The molecule has 0 saturated carbocycles. The van der Waals surface area contributed by atoms with E-state index in [0.29, 0.717) is 5.56 Å². The lowest BCUT2D eigenvalue weighted by Gasteiger charge is -2.25. The summed E-state index contributed by atoms with van der Waals surface area (Å²) in [5, 5.41) is 12.3. The summed E-state index contributed by atoms with van der Waals surface area (Å²) >= 11 is 3.49. The third kappa shape index (κ3) is 3.27. The highest BCUT2D eigenvalue weighted by Crippen LogP contribution is 2.25. The smallest absolute Gasteiger partial charge is 0.251 e. The third-order valence-corrected chi connectivity index (χ3v) is 4.35. The number of carbonyl (C=O) groups excluding carboxylic acids is 1. The SMILES string of the molecule is O=C(N[C@H]1CCc2cc(Br)ccc2C1)c1ccc(O)cc1. The van der Waals surface area contributed by atoms with E-state index < -0.39 is 0 Å². The predicted octanol–water partition coefficient (Wildman–Crippen LogP) is 3.44. The van der Waals surface area contributed by atoms with Crippen LogP contribution in [0.4, 0.5) is 0 Å². The van der Waals surface area contributed by atoms with Gasteiger partial charge in [0.2, 0.25) is 0 Å². The Morgan fingerprint density at radius 2 is 1.90 bits per heavy atom. The molecule has 0 bridgehead atoms. The molecule has 1 aliphatic rings. The number of phenolic OH excluding ortho intramolecular Hbond substituents is 1. The maximum absolute atomic E-state index is 12.2. The van der Waals surface area contributed by atoms with Gasteiger partial charge in [-0.3, -0.25) is 4.79 Å². The van der Waals surface area contributed by atoms with Gasteiger partial charge in [-0.05, 0) is 66.8 Å². The number of nitrogens with one attached hydrogen (secondary N) is 1. The Balaban J connectivity index is 1.68. The molecule has 3 nitrogen and oxygen atoms in total. The van der Waals surface area contributed by atoms with Crippen LogP contribution in [0.1, 0.15) is 27.9 Å². The summed E-state index contributed by atoms with van der Waals surface area (Å²) in [6.45, 7) is 0. The van der Waals surface area contributed by atoms with Crippen molar-refractivity contribution in [1.82, 2.24) is 5.32 Å². The van der Waals surface area contributed by atoms with E-state index >= 15 is 0 Å². The molecule has 0 unspecified atom stereocenters. The molecule has 2 N–H and O–H groups in total. The van der Waals surface area contributed by atoms with Crippen LogP contribution in [-0.4, -0.2) is 17.1 Å². The lowest BCUT2D eigenvalue weighted by atomic mass is 9.88. The fourth-order valence-electron chi connectivity index (χ4n) is 2.73. The third-order valence-electron chi connectivity index (χ3n) is 3.86. The van der Waals surface area contributed by atoms with E-state index in [1.165, 1.54) is 23.3 Å². The van der Waals surface area contributed by atoms with Crippen molar-refractivity contribution in [3.8, 4) is 5.75 Å². The van der Waals surface area contributed by atoms with Gasteiger partial charge in [-0.1, -0.05) is 22.0 Å². The van der Waals surface area contributed by atoms with E-state index in [9.17, 15) is 9.90 Å². The summed E-state index contributed by atoms with van der Waals surface area (Å²) in [6.07, 6.45) is 2.80. The van der Waals surface area contributed by atoms with Crippen LogP contribution in [0.25, 0.3) is 0 Å². The van der Waals surface area contributed by atoms with Gasteiger partial charge < -0.3 is 10.4 Å². The van der Waals surface area contributed by atoms with Crippen LogP contribution in [0.2, 0.25) is 0 Å². The minimum absolute atomic E-state index is 0.0828. The summed E-state index contributed by atoms with van der Waals surface area (Å²) in [5.41, 5.74) is 3.24. The van der Waals surface area contributed by atoms with Crippen molar-refractivity contribution in [3.63, 3.8) is 0 Å². The Kier molecular flexibility index (Phi) is 3.97. The van der Waals surface area contributed by atoms with Crippen molar-refractivity contribution in [2.24, 2.45) is 0 Å². The molecule has 2 aromatic carbocycles. The molecule has 0 aromatic heterocycles. The molecule has 2 aromatic rings. The van der Waals surface area contributed by atoms with Crippen LogP contribution >= 0.6 is 15.9 Å². The molecule has 0 fully saturated rings. The van der Waals surface area contributed by atoms with Crippen LogP contribution in [-0.2, 0) is 12.8 Å². The number of aryl methyl sites for hydroxylation is 1. The summed E-state index contributed by atoms with van der Waals surface area (Å²) in [7, 11) is 0. The maximum atomic E-state index is 12.2. The molecule has 0 spiro atoms. The van der Waals surface area contributed by atoms with Crippen LogP contribution < -0.4 is 5.32 Å². The molecule has 0 saturated heterocycles. The van der Waals surface area contributed by atoms with E-state index in [2.05, 4.69) is 33.4 Å². The fourth-order valence-corrected chi connectivity index (χ4v) is 3.14. The van der Waals surface area contributed by atoms with Gasteiger partial charge in [0.05, 0.1) is 0 Å². The number of amides is 1. The van der Waals surface area contributed by atoms with Gasteiger partial charge in [-0.15, -0.1) is 0 Å². The van der Waals surface area contributed by atoms with Crippen molar-refractivity contribution < 1.29 is 9.90 Å². The average molecular weight is 346 g/mol. The molecule has 108 valence electrons. The number of phenols is 1. The molecular weight excluding hydrogens is 330 g/mol. The van der Waals surface area contributed by atoms with E-state index in [4.69, 9.17) is 0 Å². The van der Waals surface area contributed by atoms with Crippen LogP contribution in [0.3, 0.4) is 0 Å². The highest BCUT2D eigenvalue weighted by Gasteiger charge is 2.20. The Bertz CT molecular complexity index is 667. The maximum Gasteiger partial charge on any atom is 0.251 e. The zero-order valence-electron chi connectivity index (χ0n) is 11.5. The summed E-state index contributed by atoms with van der Waals surface area (Å²) in [4.78, 5) is 12.2. The lowest BCUT2D eigenvalue weighted by Crippen LogP contribution is -2.38. The average Bonchev–Trinajstić information content (AvgIpc) is 2.48. The van der Waals surface area contributed by atoms with E-state index in [1.54, 1.807) is 12.1 Å². The number of rotatable bonds is 2. The second-order valence-corrected chi connectivity index (χ2v) is 6.29. The Hall–Kier alpha value is -1.81. The van der Waals surface area contributed by atoms with Crippen molar-refractivity contribution in [1.29, 1.82) is 0 Å². The van der Waals surface area contributed by atoms with Gasteiger partial charge in [0.15, 0.2) is 0 Å². The molecule has 1 amide bonds. The van der Waals surface area contributed by atoms with Crippen molar-refractivity contribution in [2.75, 3.05) is 0 Å². The first kappa shape index (κ1) is 14.1. The molecule has 1 aliphatic carbocycles. The highest BCUT2D eigenvalue weighted by molar-refractivity contribution is 9.10. The van der Waals surface area contributed by atoms with Gasteiger partial charge in [-0.25, -0.2) is 0 Å². The van der Waals surface area contributed by atoms with Gasteiger partial charge in [0.25, 0.3) is 5.91 Å². The number of aromatic hydroxyl groups is 1. The van der Waals surface area contributed by atoms with Crippen molar-refractivity contribution in [2.45, 2.75) is 25.3 Å². The van der Waals surface area contributed by atoms with Gasteiger partial charge in [0, 0.05) is 16.1 Å². The molecule has 1 atom stereocenters. The largest absolute Gasteiger partial charge is 0.508 e. The van der Waals surface area contributed by atoms with E-state index in [-0.39, 0.29) is 17.7 Å². The Labute approximate surface area is 132 Å². The normalized spacial score (nSPS) is 17.1. The first-order chi connectivity index (χ1) is 10.1. The zero-order valence-corrected chi connectivity index (χ0v) is 13.1. The molecule has 0 radical (unpaired) electrons. The van der Waals surface area contributed by atoms with Crippen LogP contribution in [0.5, 0.6) is 5.75 Å². The van der Waals surface area contributed by atoms with Gasteiger partial charge >= 0.3 is 0 Å². The fraction of sp³-hybridized carbons (Fsp3) is 0.235. The van der Waals surface area contributed by atoms with Crippen molar-refractivity contribution >= 4 is 21.8 Å². The molecule has 3 rings (SSSR count). The topological polar surface area (TPSA) is 49.3 Å². The van der Waals surface area contributed by atoms with Crippen LogP contribution in [0, 0.1) is 0 Å². The lowest BCUT2D eigenvalue weighted by molar-refractivity contribution is 0.0933. The van der Waals surface area contributed by atoms with Crippen LogP contribution in [0.15, 0.2) is 46.9 Å². The number of carbonyl (C=O) groups is 1. The minimum atomic E-state index is -0.0828. The summed E-state index contributed by atoms with van der Waals surface area (Å²) < 4.78 is 1.10. The van der Waals surface area contributed by atoms with Gasteiger partial charge in [0.1, 0.15) is 5.75 Å². The highest BCUT2D eigenvalue weighted by atomic mass is 79.9. The first-order valence-electron chi connectivity index (χ1n) is 6.99. The number of hydrogen-bond donors (Lipinski definition) is 2. The molecule has 4 heteroatoms. The minimum Gasteiger partial charge on any atom is -0.508 e.